The largest absolute Gasteiger partial charge is 0.334 e. The molecule has 3 aromatic rings. The van der Waals surface area contributed by atoms with Gasteiger partial charge in [0.2, 0.25) is 0 Å². The summed E-state index contributed by atoms with van der Waals surface area (Å²) in [5.74, 6) is -0.315. The maximum Gasteiger partial charge on any atom is 0.319 e. The Hall–Kier alpha value is -2.79. The van der Waals surface area contributed by atoms with E-state index in [0.29, 0.717) is 5.56 Å². The van der Waals surface area contributed by atoms with Gasteiger partial charge < -0.3 is 10.6 Å². The highest BCUT2D eigenvalue weighted by molar-refractivity contribution is 7.99. The first-order valence-electron chi connectivity index (χ1n) is 7.82. The van der Waals surface area contributed by atoms with Gasteiger partial charge in [0, 0.05) is 16.3 Å². The molecule has 0 aromatic heterocycles. The minimum absolute atomic E-state index is 0.261. The van der Waals surface area contributed by atoms with Crippen molar-refractivity contribution in [2.75, 3.05) is 5.32 Å². The summed E-state index contributed by atoms with van der Waals surface area (Å²) in [6.45, 7) is 0.261. The van der Waals surface area contributed by atoms with Gasteiger partial charge in [0.05, 0.1) is 5.69 Å². The number of hydrogen-bond acceptors (Lipinski definition) is 2. The molecule has 0 radical (unpaired) electrons. The lowest BCUT2D eigenvalue weighted by Gasteiger charge is -2.12. The van der Waals surface area contributed by atoms with Crippen LogP contribution >= 0.6 is 11.8 Å². The molecule has 3 nitrogen and oxygen atoms in total. The van der Waals surface area contributed by atoms with Crippen molar-refractivity contribution in [1.29, 1.82) is 0 Å². The maximum atomic E-state index is 13.2. The van der Waals surface area contributed by atoms with Gasteiger partial charge in [0.25, 0.3) is 0 Å². The molecule has 0 aliphatic carbocycles. The minimum atomic E-state index is -0.328. The lowest BCUT2D eigenvalue weighted by Crippen LogP contribution is -2.28. The Kier molecular flexibility index (Phi) is 5.69. The van der Waals surface area contributed by atoms with Crippen LogP contribution in [0.3, 0.4) is 0 Å². The highest BCUT2D eigenvalue weighted by atomic mass is 32.2. The Morgan fingerprint density at radius 1 is 0.920 bits per heavy atom. The summed E-state index contributed by atoms with van der Waals surface area (Å²) in [6.07, 6.45) is 0. The van der Waals surface area contributed by atoms with Gasteiger partial charge in [-0.2, -0.15) is 0 Å². The van der Waals surface area contributed by atoms with Crippen LogP contribution in [0.5, 0.6) is 0 Å². The van der Waals surface area contributed by atoms with Crippen molar-refractivity contribution in [3.63, 3.8) is 0 Å². The molecule has 0 spiro atoms. The summed E-state index contributed by atoms with van der Waals surface area (Å²) in [5, 5.41) is 5.59. The molecule has 0 saturated heterocycles. The van der Waals surface area contributed by atoms with Crippen molar-refractivity contribution in [3.05, 3.63) is 90.2 Å². The number of carbonyl (C=O) groups excluding carboxylic acids is 1. The van der Waals surface area contributed by atoms with E-state index in [1.54, 1.807) is 23.9 Å². The standard InChI is InChI=1S/C20H17FN2OS/c21-16-8-6-7-15(13-16)14-22-20(24)23-18-11-4-5-12-19(18)25-17-9-2-1-3-10-17/h1-13H,14H2,(H2,22,23,24). The Morgan fingerprint density at radius 3 is 2.48 bits per heavy atom. The number of amides is 2. The van der Waals surface area contributed by atoms with E-state index in [9.17, 15) is 9.18 Å². The zero-order valence-electron chi connectivity index (χ0n) is 13.4. The highest BCUT2D eigenvalue weighted by Crippen LogP contribution is 2.33. The molecule has 2 amide bonds. The second-order valence-corrected chi connectivity index (χ2v) is 6.46. The molecular weight excluding hydrogens is 335 g/mol. The Bertz CT molecular complexity index is 855. The second-order valence-electron chi connectivity index (χ2n) is 5.35. The molecule has 0 atom stereocenters. The predicted molar refractivity (Wildman–Crippen MR) is 99.3 cm³/mol. The minimum Gasteiger partial charge on any atom is -0.334 e. The monoisotopic (exact) mass is 352 g/mol. The number of benzene rings is 3. The van der Waals surface area contributed by atoms with Crippen LogP contribution in [0, 0.1) is 5.82 Å². The number of urea groups is 1. The molecule has 0 saturated carbocycles. The van der Waals surface area contributed by atoms with E-state index >= 15 is 0 Å². The lowest BCUT2D eigenvalue weighted by molar-refractivity contribution is 0.251. The molecule has 25 heavy (non-hydrogen) atoms. The van der Waals surface area contributed by atoms with Gasteiger partial charge in [0.1, 0.15) is 5.82 Å². The number of nitrogens with one attached hydrogen (secondary N) is 2. The predicted octanol–water partition coefficient (Wildman–Crippen LogP) is 5.30. The number of carbonyl (C=O) groups is 1. The summed E-state index contributed by atoms with van der Waals surface area (Å²) >= 11 is 1.58. The van der Waals surface area contributed by atoms with Crippen LogP contribution < -0.4 is 10.6 Å². The van der Waals surface area contributed by atoms with Crippen LogP contribution in [-0.2, 0) is 6.54 Å². The molecular formula is C20H17FN2OS. The number of halogens is 1. The van der Waals surface area contributed by atoms with E-state index in [0.717, 1.165) is 15.5 Å². The van der Waals surface area contributed by atoms with Crippen molar-refractivity contribution in [3.8, 4) is 0 Å². The van der Waals surface area contributed by atoms with Gasteiger partial charge >= 0.3 is 6.03 Å². The van der Waals surface area contributed by atoms with E-state index in [1.807, 2.05) is 54.6 Å². The summed E-state index contributed by atoms with van der Waals surface area (Å²) in [7, 11) is 0. The Morgan fingerprint density at radius 2 is 1.68 bits per heavy atom. The molecule has 5 heteroatoms. The van der Waals surface area contributed by atoms with E-state index in [4.69, 9.17) is 0 Å². The van der Waals surface area contributed by atoms with Crippen LogP contribution in [0.4, 0.5) is 14.9 Å². The fourth-order valence-corrected chi connectivity index (χ4v) is 3.19. The fourth-order valence-electron chi connectivity index (χ4n) is 2.27. The SMILES string of the molecule is O=C(NCc1cccc(F)c1)Nc1ccccc1Sc1ccccc1. The molecule has 0 unspecified atom stereocenters. The smallest absolute Gasteiger partial charge is 0.319 e. The second kappa shape index (κ2) is 8.35. The summed E-state index contributed by atoms with van der Waals surface area (Å²) in [4.78, 5) is 14.2. The van der Waals surface area contributed by atoms with Gasteiger partial charge in [-0.3, -0.25) is 0 Å². The first-order chi connectivity index (χ1) is 12.2. The third-order valence-electron chi connectivity index (χ3n) is 3.45. The Labute approximate surface area is 150 Å². The number of hydrogen-bond donors (Lipinski definition) is 2. The molecule has 126 valence electrons. The van der Waals surface area contributed by atoms with Crippen LogP contribution in [0.2, 0.25) is 0 Å². The molecule has 0 aliphatic rings. The highest BCUT2D eigenvalue weighted by Gasteiger charge is 2.08. The molecule has 0 bridgehead atoms. The molecule has 3 rings (SSSR count). The zero-order valence-corrected chi connectivity index (χ0v) is 14.2. The topological polar surface area (TPSA) is 41.1 Å². The van der Waals surface area contributed by atoms with Crippen LogP contribution in [0.1, 0.15) is 5.56 Å². The summed E-state index contributed by atoms with van der Waals surface area (Å²) in [5.41, 5.74) is 1.44. The third kappa shape index (κ3) is 5.09. The summed E-state index contributed by atoms with van der Waals surface area (Å²) in [6, 6.07) is 23.4. The first kappa shape index (κ1) is 17.0. The third-order valence-corrected chi connectivity index (χ3v) is 4.53. The van der Waals surface area contributed by atoms with Crippen molar-refractivity contribution >= 4 is 23.5 Å². The van der Waals surface area contributed by atoms with Gasteiger partial charge in [-0.05, 0) is 42.0 Å². The van der Waals surface area contributed by atoms with Gasteiger partial charge in [-0.1, -0.05) is 54.2 Å². The van der Waals surface area contributed by atoms with Crippen molar-refractivity contribution in [2.24, 2.45) is 0 Å². The molecule has 3 aromatic carbocycles. The van der Waals surface area contributed by atoms with Crippen LogP contribution in [0.25, 0.3) is 0 Å². The average Bonchev–Trinajstić information content (AvgIpc) is 2.63. The van der Waals surface area contributed by atoms with Crippen LogP contribution in [0.15, 0.2) is 88.7 Å². The summed E-state index contributed by atoms with van der Waals surface area (Å²) < 4.78 is 13.2. The average molecular weight is 352 g/mol. The van der Waals surface area contributed by atoms with Crippen molar-refractivity contribution < 1.29 is 9.18 Å². The van der Waals surface area contributed by atoms with Gasteiger partial charge in [-0.15, -0.1) is 0 Å². The zero-order chi connectivity index (χ0) is 17.5. The van der Waals surface area contributed by atoms with E-state index in [2.05, 4.69) is 10.6 Å². The van der Waals surface area contributed by atoms with Gasteiger partial charge in [0.15, 0.2) is 0 Å². The fraction of sp³-hybridized carbons (Fsp3) is 0.0500. The molecule has 0 aliphatic heterocycles. The molecule has 2 N–H and O–H groups in total. The van der Waals surface area contributed by atoms with Crippen molar-refractivity contribution in [2.45, 2.75) is 16.3 Å². The molecule has 0 fully saturated rings. The first-order valence-corrected chi connectivity index (χ1v) is 8.63. The normalized spacial score (nSPS) is 10.3. The lowest BCUT2D eigenvalue weighted by atomic mass is 10.2. The maximum absolute atomic E-state index is 13.2. The van der Waals surface area contributed by atoms with Crippen LogP contribution in [-0.4, -0.2) is 6.03 Å². The number of rotatable bonds is 5. The van der Waals surface area contributed by atoms with E-state index < -0.39 is 0 Å². The number of para-hydroxylation sites is 1. The quantitative estimate of drug-likeness (QED) is 0.654. The number of anilines is 1. The Balaban J connectivity index is 1.63. The van der Waals surface area contributed by atoms with E-state index in [1.165, 1.54) is 12.1 Å². The van der Waals surface area contributed by atoms with E-state index in [-0.39, 0.29) is 18.4 Å². The van der Waals surface area contributed by atoms with Crippen molar-refractivity contribution in [1.82, 2.24) is 5.32 Å². The van der Waals surface area contributed by atoms with Gasteiger partial charge in [-0.25, -0.2) is 9.18 Å². The molecule has 0 heterocycles.